The smallest absolute Gasteiger partial charge is 0.228 e. The third-order valence-electron chi connectivity index (χ3n) is 9.58. The number of carbonyl (C=O) groups excluding carboxylic acids is 1. The highest BCUT2D eigenvalue weighted by atomic mass is 32.1. The molecule has 4 atom stereocenters. The van der Waals surface area contributed by atoms with Crippen LogP contribution in [0.5, 0.6) is 11.5 Å². The predicted molar refractivity (Wildman–Crippen MR) is 144 cm³/mol. The number of hydrogen-bond acceptors (Lipinski definition) is 7. The summed E-state index contributed by atoms with van der Waals surface area (Å²) in [5, 5.41) is 12.9. The first-order valence-electron chi connectivity index (χ1n) is 13.7. The summed E-state index contributed by atoms with van der Waals surface area (Å²) in [6.45, 7) is 11.3. The summed E-state index contributed by atoms with van der Waals surface area (Å²) in [6, 6.07) is 4.12. The number of amides is 1. The molecular formula is C29H39N3O4S. The van der Waals surface area contributed by atoms with Gasteiger partial charge < -0.3 is 19.5 Å². The Kier molecular flexibility index (Phi) is 6.08. The molecule has 2 saturated heterocycles. The number of aromatic nitrogens is 1. The SMILES string of the molecule is COc1c(C)cc(C)c2c1O[C@H]1CN(C(=O)Cc3cc(C)sn3)CCC3(O)C(C)N(CC4CC4)CCC213. The lowest BCUT2D eigenvalue weighted by atomic mass is 9.56. The lowest BCUT2D eigenvalue weighted by Crippen LogP contribution is -2.70. The maximum Gasteiger partial charge on any atom is 0.228 e. The second-order valence-corrected chi connectivity index (χ2v) is 12.8. The number of methoxy groups -OCH3 is 1. The Hall–Kier alpha value is -2.16. The minimum absolute atomic E-state index is 0.0400. The van der Waals surface area contributed by atoms with Crippen molar-refractivity contribution in [2.45, 2.75) is 83.0 Å². The van der Waals surface area contributed by atoms with Crippen LogP contribution >= 0.6 is 11.5 Å². The number of benzene rings is 1. The highest BCUT2D eigenvalue weighted by Crippen LogP contribution is 2.61. The molecule has 4 heterocycles. The van der Waals surface area contributed by atoms with Crippen LogP contribution in [0, 0.1) is 26.7 Å². The van der Waals surface area contributed by atoms with Crippen LogP contribution in [0.3, 0.4) is 0 Å². The molecule has 0 bridgehead atoms. The molecule has 1 amide bonds. The van der Waals surface area contributed by atoms with E-state index in [1.54, 1.807) is 7.11 Å². The van der Waals surface area contributed by atoms with Crippen LogP contribution < -0.4 is 9.47 Å². The van der Waals surface area contributed by atoms with E-state index in [0.29, 0.717) is 19.5 Å². The van der Waals surface area contributed by atoms with Crippen molar-refractivity contribution in [1.29, 1.82) is 0 Å². The normalized spacial score (nSPS) is 31.2. The van der Waals surface area contributed by atoms with Gasteiger partial charge in [0.2, 0.25) is 5.91 Å². The molecule has 3 fully saturated rings. The van der Waals surface area contributed by atoms with E-state index >= 15 is 0 Å². The number of piperidine rings is 1. The molecule has 1 aromatic carbocycles. The molecule has 2 aromatic rings. The molecule has 1 N–H and O–H groups in total. The Labute approximate surface area is 223 Å². The highest BCUT2D eigenvalue weighted by molar-refractivity contribution is 7.05. The van der Waals surface area contributed by atoms with E-state index in [0.717, 1.165) is 64.2 Å². The fourth-order valence-electron chi connectivity index (χ4n) is 7.54. The van der Waals surface area contributed by atoms with Crippen molar-refractivity contribution in [3.8, 4) is 11.5 Å². The van der Waals surface area contributed by atoms with Gasteiger partial charge in [-0.05, 0) is 94.6 Å². The molecule has 1 spiro atoms. The first-order valence-corrected chi connectivity index (χ1v) is 14.5. The van der Waals surface area contributed by atoms with Crippen LogP contribution in [0.1, 0.15) is 59.9 Å². The van der Waals surface area contributed by atoms with Gasteiger partial charge in [0.05, 0.1) is 36.8 Å². The van der Waals surface area contributed by atoms with Gasteiger partial charge in [0.25, 0.3) is 0 Å². The maximum atomic E-state index is 13.6. The summed E-state index contributed by atoms with van der Waals surface area (Å²) in [6.07, 6.45) is 3.84. The minimum atomic E-state index is -1.03. The fourth-order valence-corrected chi connectivity index (χ4v) is 8.11. The number of rotatable bonds is 5. The van der Waals surface area contributed by atoms with Gasteiger partial charge in [-0.25, -0.2) is 0 Å². The molecule has 1 saturated carbocycles. The van der Waals surface area contributed by atoms with Crippen molar-refractivity contribution in [2.24, 2.45) is 5.92 Å². The highest BCUT2D eigenvalue weighted by Gasteiger charge is 2.68. The molecule has 7 nitrogen and oxygen atoms in total. The van der Waals surface area contributed by atoms with Gasteiger partial charge in [0.15, 0.2) is 11.5 Å². The van der Waals surface area contributed by atoms with E-state index in [-0.39, 0.29) is 24.5 Å². The number of aryl methyl sites for hydroxylation is 3. The van der Waals surface area contributed by atoms with Gasteiger partial charge in [-0.15, -0.1) is 0 Å². The first-order chi connectivity index (χ1) is 17.7. The van der Waals surface area contributed by atoms with Crippen molar-refractivity contribution >= 4 is 17.4 Å². The molecule has 3 aliphatic heterocycles. The summed E-state index contributed by atoms with van der Waals surface area (Å²) in [7, 11) is 1.69. The number of nitrogens with zero attached hydrogens (tertiary/aromatic N) is 3. The van der Waals surface area contributed by atoms with E-state index in [2.05, 4.69) is 29.2 Å². The molecule has 1 aromatic heterocycles. The van der Waals surface area contributed by atoms with E-state index in [1.165, 1.54) is 24.4 Å². The average Bonchev–Trinajstić information content (AvgIpc) is 3.52. The quantitative estimate of drug-likeness (QED) is 0.640. The van der Waals surface area contributed by atoms with Gasteiger partial charge in [0, 0.05) is 29.6 Å². The van der Waals surface area contributed by atoms with Gasteiger partial charge >= 0.3 is 0 Å². The number of fused-ring (bicyclic) bond motifs is 1. The van der Waals surface area contributed by atoms with Crippen molar-refractivity contribution in [3.63, 3.8) is 0 Å². The second-order valence-electron chi connectivity index (χ2n) is 11.8. The molecule has 8 heteroatoms. The van der Waals surface area contributed by atoms with Crippen LogP contribution in [0.2, 0.25) is 0 Å². The second kappa shape index (κ2) is 8.95. The Bertz CT molecular complexity index is 1230. The van der Waals surface area contributed by atoms with E-state index in [4.69, 9.17) is 9.47 Å². The Morgan fingerprint density at radius 1 is 1.22 bits per heavy atom. The summed E-state index contributed by atoms with van der Waals surface area (Å²) < 4.78 is 17.1. The van der Waals surface area contributed by atoms with Gasteiger partial charge in [0.1, 0.15) is 6.10 Å². The van der Waals surface area contributed by atoms with Gasteiger partial charge in [-0.1, -0.05) is 6.07 Å². The van der Waals surface area contributed by atoms with Gasteiger partial charge in [-0.3, -0.25) is 9.69 Å². The topological polar surface area (TPSA) is 75.1 Å². The molecule has 4 aliphatic rings. The zero-order valence-electron chi connectivity index (χ0n) is 22.7. The number of hydrogen-bond donors (Lipinski definition) is 1. The monoisotopic (exact) mass is 525 g/mol. The number of aliphatic hydroxyl groups is 1. The van der Waals surface area contributed by atoms with Crippen molar-refractivity contribution in [2.75, 3.05) is 33.3 Å². The summed E-state index contributed by atoms with van der Waals surface area (Å²) >= 11 is 1.43. The summed E-state index contributed by atoms with van der Waals surface area (Å²) in [4.78, 5) is 19.1. The standard InChI is InChI=1S/C29H39N3O4S/c1-17-12-18(2)26(35-5)27-25(17)28-8-10-31(15-21-6-7-21)20(4)29(28,34)9-11-32(16-23(28)36-27)24(33)14-22-13-19(3)37-30-22/h12-13,20-21,23,34H,6-11,14-16H2,1-5H3/t20?,23-,28?,29?/m0/s1. The average molecular weight is 526 g/mol. The zero-order chi connectivity index (χ0) is 26.1. The fraction of sp³-hybridized carbons (Fsp3) is 0.655. The lowest BCUT2D eigenvalue weighted by molar-refractivity contribution is -0.151. The molecule has 200 valence electrons. The first kappa shape index (κ1) is 25.1. The number of likely N-dealkylation sites (tertiary alicyclic amines) is 2. The van der Waals surface area contributed by atoms with Crippen LogP contribution in [0.25, 0.3) is 0 Å². The number of ether oxygens (including phenoxy) is 2. The van der Waals surface area contributed by atoms with E-state index in [9.17, 15) is 9.90 Å². The molecular weight excluding hydrogens is 486 g/mol. The molecule has 6 rings (SSSR count). The summed E-state index contributed by atoms with van der Waals surface area (Å²) in [5.74, 6) is 2.30. The third-order valence-corrected chi connectivity index (χ3v) is 10.3. The predicted octanol–water partition coefficient (Wildman–Crippen LogP) is 3.79. The van der Waals surface area contributed by atoms with Gasteiger partial charge in [-0.2, -0.15) is 4.37 Å². The summed E-state index contributed by atoms with van der Waals surface area (Å²) in [5.41, 5.74) is 2.43. The van der Waals surface area contributed by atoms with Crippen molar-refractivity contribution in [1.82, 2.24) is 14.2 Å². The van der Waals surface area contributed by atoms with E-state index < -0.39 is 11.0 Å². The third kappa shape index (κ3) is 3.81. The zero-order valence-corrected chi connectivity index (χ0v) is 23.5. The largest absolute Gasteiger partial charge is 0.493 e. The Morgan fingerprint density at radius 2 is 2.00 bits per heavy atom. The Morgan fingerprint density at radius 3 is 2.68 bits per heavy atom. The van der Waals surface area contributed by atoms with Crippen LogP contribution in [0.4, 0.5) is 0 Å². The van der Waals surface area contributed by atoms with Crippen molar-refractivity contribution in [3.05, 3.63) is 39.4 Å². The van der Waals surface area contributed by atoms with E-state index in [1.807, 2.05) is 24.8 Å². The Balaban J connectivity index is 1.43. The minimum Gasteiger partial charge on any atom is -0.493 e. The van der Waals surface area contributed by atoms with Crippen LogP contribution in [-0.4, -0.2) is 76.2 Å². The molecule has 0 radical (unpaired) electrons. The maximum absolute atomic E-state index is 13.6. The lowest BCUT2D eigenvalue weighted by Gasteiger charge is -2.57. The molecule has 1 aliphatic carbocycles. The number of carbonyl (C=O) groups is 1. The van der Waals surface area contributed by atoms with Crippen LogP contribution in [0.15, 0.2) is 12.1 Å². The molecule has 37 heavy (non-hydrogen) atoms. The molecule has 3 unspecified atom stereocenters. The van der Waals surface area contributed by atoms with Crippen LogP contribution in [-0.2, 0) is 16.6 Å². The van der Waals surface area contributed by atoms with Crippen molar-refractivity contribution < 1.29 is 19.4 Å².